The maximum atomic E-state index is 12.1. The van der Waals surface area contributed by atoms with Crippen LogP contribution in [0.25, 0.3) is 0 Å². The van der Waals surface area contributed by atoms with Gasteiger partial charge in [-0.15, -0.1) is 0 Å². The number of amides is 5. The van der Waals surface area contributed by atoms with E-state index >= 15 is 0 Å². The molecular weight excluding hydrogens is 326 g/mol. The first-order valence-electron chi connectivity index (χ1n) is 7.27. The standard InChI is InChI=1S/C13H19N3O6S/c1-3-5-15-10(18)11(19)16(12(15)20)7-9(17)14-13(2)4-6-23(21,22)8-13/h3-8H2,1-2H3,(H,14,17)/t13-/m0/s1. The highest BCUT2D eigenvalue weighted by molar-refractivity contribution is 7.91. The summed E-state index contributed by atoms with van der Waals surface area (Å²) < 4.78 is 23.0. The Kier molecular flexibility index (Phi) is 4.47. The average molecular weight is 345 g/mol. The minimum Gasteiger partial charge on any atom is -0.348 e. The number of sulfone groups is 1. The molecule has 0 aromatic rings. The van der Waals surface area contributed by atoms with Crippen LogP contribution in [0.1, 0.15) is 26.7 Å². The molecule has 2 rings (SSSR count). The zero-order valence-electron chi connectivity index (χ0n) is 13.0. The Balaban J connectivity index is 2.02. The molecule has 10 heteroatoms. The summed E-state index contributed by atoms with van der Waals surface area (Å²) in [5.41, 5.74) is -0.922. The van der Waals surface area contributed by atoms with Crippen molar-refractivity contribution in [1.82, 2.24) is 15.1 Å². The van der Waals surface area contributed by atoms with Gasteiger partial charge in [0.25, 0.3) is 0 Å². The third-order valence-corrected chi connectivity index (χ3v) is 5.73. The Hall–Kier alpha value is -1.97. The molecule has 2 heterocycles. The lowest BCUT2D eigenvalue weighted by Crippen LogP contribution is -2.51. The summed E-state index contributed by atoms with van der Waals surface area (Å²) in [5.74, 6) is -2.86. The van der Waals surface area contributed by atoms with Crippen LogP contribution < -0.4 is 5.32 Å². The van der Waals surface area contributed by atoms with Crippen molar-refractivity contribution in [3.05, 3.63) is 0 Å². The van der Waals surface area contributed by atoms with Crippen LogP contribution in [-0.4, -0.2) is 72.1 Å². The maximum absolute atomic E-state index is 12.1. The molecule has 2 aliphatic heterocycles. The van der Waals surface area contributed by atoms with E-state index in [1.54, 1.807) is 13.8 Å². The summed E-state index contributed by atoms with van der Waals surface area (Å²) >= 11 is 0. The summed E-state index contributed by atoms with van der Waals surface area (Å²) in [6.45, 7) is 2.86. The second-order valence-corrected chi connectivity index (χ2v) is 8.27. The fraction of sp³-hybridized carbons (Fsp3) is 0.692. The number of hydrogen-bond donors (Lipinski definition) is 1. The molecule has 0 unspecified atom stereocenters. The van der Waals surface area contributed by atoms with Gasteiger partial charge in [-0.3, -0.25) is 19.3 Å². The molecule has 0 spiro atoms. The van der Waals surface area contributed by atoms with Crippen LogP contribution in [0.2, 0.25) is 0 Å². The molecule has 0 aromatic heterocycles. The minimum atomic E-state index is -3.20. The van der Waals surface area contributed by atoms with Crippen molar-refractivity contribution in [1.29, 1.82) is 0 Å². The first kappa shape index (κ1) is 17.4. The highest BCUT2D eigenvalue weighted by Crippen LogP contribution is 2.23. The molecule has 1 N–H and O–H groups in total. The lowest BCUT2D eigenvalue weighted by Gasteiger charge is -2.25. The average Bonchev–Trinajstić information content (AvgIpc) is 2.82. The zero-order valence-corrected chi connectivity index (χ0v) is 13.8. The molecule has 2 aliphatic rings. The fourth-order valence-corrected chi connectivity index (χ4v) is 4.83. The Labute approximate surface area is 133 Å². The van der Waals surface area contributed by atoms with Crippen molar-refractivity contribution in [2.24, 2.45) is 0 Å². The molecule has 9 nitrogen and oxygen atoms in total. The largest absolute Gasteiger partial charge is 0.348 e. The maximum Gasteiger partial charge on any atom is 0.334 e. The molecule has 5 amide bonds. The van der Waals surface area contributed by atoms with Crippen molar-refractivity contribution in [2.45, 2.75) is 32.2 Å². The van der Waals surface area contributed by atoms with Gasteiger partial charge in [-0.2, -0.15) is 0 Å². The van der Waals surface area contributed by atoms with E-state index in [9.17, 15) is 27.6 Å². The van der Waals surface area contributed by atoms with E-state index in [-0.39, 0.29) is 24.5 Å². The third-order valence-electron chi connectivity index (χ3n) is 3.83. The number of carbonyl (C=O) groups is 4. The molecule has 0 aromatic carbocycles. The van der Waals surface area contributed by atoms with Crippen molar-refractivity contribution in [2.75, 3.05) is 24.6 Å². The number of nitrogens with zero attached hydrogens (tertiary/aromatic N) is 2. The molecule has 0 aliphatic carbocycles. The van der Waals surface area contributed by atoms with Crippen molar-refractivity contribution in [3.63, 3.8) is 0 Å². The van der Waals surface area contributed by atoms with Gasteiger partial charge in [0.05, 0.1) is 17.0 Å². The number of hydrogen-bond acceptors (Lipinski definition) is 6. The molecule has 128 valence electrons. The van der Waals surface area contributed by atoms with E-state index in [0.29, 0.717) is 11.3 Å². The smallest absolute Gasteiger partial charge is 0.334 e. The topological polar surface area (TPSA) is 121 Å². The van der Waals surface area contributed by atoms with Gasteiger partial charge < -0.3 is 5.32 Å². The van der Waals surface area contributed by atoms with Crippen LogP contribution >= 0.6 is 0 Å². The molecule has 2 fully saturated rings. The number of nitrogens with one attached hydrogen (secondary N) is 1. The minimum absolute atomic E-state index is 0.0197. The predicted octanol–water partition coefficient (Wildman–Crippen LogP) is -1.12. The van der Waals surface area contributed by atoms with Crippen molar-refractivity contribution in [3.8, 4) is 0 Å². The second kappa shape index (κ2) is 5.91. The quantitative estimate of drug-likeness (QED) is 0.498. The van der Waals surface area contributed by atoms with Crippen LogP contribution in [0.3, 0.4) is 0 Å². The lowest BCUT2D eigenvalue weighted by molar-refractivity contribution is -0.144. The van der Waals surface area contributed by atoms with Crippen LogP contribution in [-0.2, 0) is 24.2 Å². The highest BCUT2D eigenvalue weighted by atomic mass is 32.2. The molecule has 1 atom stereocenters. The molecular formula is C13H19N3O6S. The number of carbonyl (C=O) groups excluding carboxylic acids is 4. The van der Waals surface area contributed by atoms with Gasteiger partial charge in [-0.25, -0.2) is 18.1 Å². The first-order valence-corrected chi connectivity index (χ1v) is 9.09. The predicted molar refractivity (Wildman–Crippen MR) is 78.9 cm³/mol. The lowest BCUT2D eigenvalue weighted by atomic mass is 10.0. The second-order valence-electron chi connectivity index (χ2n) is 6.08. The summed E-state index contributed by atoms with van der Waals surface area (Å²) in [6, 6.07) is -0.818. The van der Waals surface area contributed by atoms with Crippen LogP contribution in [0.4, 0.5) is 4.79 Å². The highest BCUT2D eigenvalue weighted by Gasteiger charge is 2.46. The van der Waals surface area contributed by atoms with E-state index < -0.39 is 45.7 Å². The van der Waals surface area contributed by atoms with Crippen LogP contribution in [0.5, 0.6) is 0 Å². The normalized spacial score (nSPS) is 27.0. The van der Waals surface area contributed by atoms with Gasteiger partial charge in [-0.05, 0) is 19.8 Å². The van der Waals surface area contributed by atoms with Gasteiger partial charge in [0, 0.05) is 6.54 Å². The Morgan fingerprint density at radius 1 is 1.22 bits per heavy atom. The van der Waals surface area contributed by atoms with E-state index in [2.05, 4.69) is 5.32 Å². The number of urea groups is 1. The van der Waals surface area contributed by atoms with Crippen LogP contribution in [0.15, 0.2) is 0 Å². The first-order chi connectivity index (χ1) is 10.6. The molecule has 0 bridgehead atoms. The van der Waals surface area contributed by atoms with Gasteiger partial charge in [0.15, 0.2) is 9.84 Å². The Morgan fingerprint density at radius 2 is 1.83 bits per heavy atom. The van der Waals surface area contributed by atoms with Gasteiger partial charge in [0.2, 0.25) is 5.91 Å². The SMILES string of the molecule is CCCN1C(=O)C(=O)N(CC(=O)N[C@@]2(C)CCS(=O)(=O)C2)C1=O. The van der Waals surface area contributed by atoms with Crippen molar-refractivity contribution >= 4 is 33.6 Å². The Bertz CT molecular complexity index is 673. The van der Waals surface area contributed by atoms with Gasteiger partial charge in [-0.1, -0.05) is 6.92 Å². The van der Waals surface area contributed by atoms with Gasteiger partial charge in [0.1, 0.15) is 6.54 Å². The van der Waals surface area contributed by atoms with E-state index in [1.807, 2.05) is 0 Å². The molecule has 0 saturated carbocycles. The summed E-state index contributed by atoms with van der Waals surface area (Å²) in [4.78, 5) is 48.9. The number of imide groups is 2. The monoisotopic (exact) mass is 345 g/mol. The van der Waals surface area contributed by atoms with Crippen LogP contribution in [0, 0.1) is 0 Å². The summed E-state index contributed by atoms with van der Waals surface area (Å²) in [7, 11) is -3.20. The van der Waals surface area contributed by atoms with E-state index in [1.165, 1.54) is 0 Å². The zero-order chi connectivity index (χ0) is 17.4. The third kappa shape index (κ3) is 3.52. The van der Waals surface area contributed by atoms with E-state index in [4.69, 9.17) is 0 Å². The van der Waals surface area contributed by atoms with E-state index in [0.717, 1.165) is 4.90 Å². The summed E-state index contributed by atoms with van der Waals surface area (Å²) in [6.07, 6.45) is 0.768. The number of rotatable bonds is 5. The molecule has 0 radical (unpaired) electrons. The Morgan fingerprint density at radius 3 is 2.35 bits per heavy atom. The van der Waals surface area contributed by atoms with Gasteiger partial charge >= 0.3 is 17.8 Å². The fourth-order valence-electron chi connectivity index (χ4n) is 2.74. The summed E-state index contributed by atoms with van der Waals surface area (Å²) in [5, 5.41) is 2.55. The van der Waals surface area contributed by atoms with Crippen molar-refractivity contribution < 1.29 is 27.6 Å². The molecule has 23 heavy (non-hydrogen) atoms. The molecule has 2 saturated heterocycles.